The molecule has 0 aromatic carbocycles. The van der Waals surface area contributed by atoms with Gasteiger partial charge in [0.15, 0.2) is 0 Å². The average Bonchev–Trinajstić information content (AvgIpc) is 2.89. The highest BCUT2D eigenvalue weighted by Crippen LogP contribution is 2.21. The fraction of sp³-hybridized carbons (Fsp3) is 0.667. The van der Waals surface area contributed by atoms with E-state index in [1.165, 1.54) is 30.6 Å². The van der Waals surface area contributed by atoms with Gasteiger partial charge in [0, 0.05) is 18.0 Å². The number of hydrogen-bond acceptors (Lipinski definition) is 3. The molecule has 0 radical (unpaired) electrons. The third kappa shape index (κ3) is 4.06. The van der Waals surface area contributed by atoms with Gasteiger partial charge in [0.05, 0.1) is 10.4 Å². The third-order valence-corrected chi connectivity index (χ3v) is 4.06. The lowest BCUT2D eigenvalue weighted by Crippen LogP contribution is -2.16. The van der Waals surface area contributed by atoms with Crippen LogP contribution in [-0.4, -0.2) is 19.3 Å². The summed E-state index contributed by atoms with van der Waals surface area (Å²) < 4.78 is 6.45. The quantitative estimate of drug-likeness (QED) is 0.790. The lowest BCUT2D eigenvalue weighted by molar-refractivity contribution is 0.102. The van der Waals surface area contributed by atoms with Crippen LogP contribution in [0.3, 0.4) is 0 Å². The van der Waals surface area contributed by atoms with Crippen molar-refractivity contribution in [1.29, 1.82) is 0 Å². The number of halogens is 1. The highest BCUT2D eigenvalue weighted by molar-refractivity contribution is 7.16. The standard InChI is InChI=1S/C12H18ClNOS/c13-12-6-5-11(16-12)9-14-7-1-3-10-4-2-8-15-10/h5-6,10,14H,1-4,7-9H2. The lowest BCUT2D eigenvalue weighted by Gasteiger charge is -2.08. The zero-order valence-corrected chi connectivity index (χ0v) is 10.9. The van der Waals surface area contributed by atoms with E-state index >= 15 is 0 Å². The van der Waals surface area contributed by atoms with Crippen LogP contribution in [-0.2, 0) is 11.3 Å². The van der Waals surface area contributed by atoms with Gasteiger partial charge in [-0.25, -0.2) is 0 Å². The molecule has 2 nitrogen and oxygen atoms in total. The molecule has 16 heavy (non-hydrogen) atoms. The van der Waals surface area contributed by atoms with Gasteiger partial charge < -0.3 is 10.1 Å². The molecule has 1 atom stereocenters. The zero-order chi connectivity index (χ0) is 11.2. The average molecular weight is 260 g/mol. The summed E-state index contributed by atoms with van der Waals surface area (Å²) in [6.07, 6.45) is 5.41. The second-order valence-corrected chi connectivity index (χ2v) is 5.96. The van der Waals surface area contributed by atoms with Crippen molar-refractivity contribution in [3.63, 3.8) is 0 Å². The molecule has 0 saturated carbocycles. The Morgan fingerprint density at radius 3 is 3.12 bits per heavy atom. The molecular weight excluding hydrogens is 242 g/mol. The van der Waals surface area contributed by atoms with Crippen molar-refractivity contribution < 1.29 is 4.74 Å². The molecule has 0 spiro atoms. The number of hydrogen-bond donors (Lipinski definition) is 1. The molecule has 0 aliphatic carbocycles. The Labute approximate surface area is 106 Å². The van der Waals surface area contributed by atoms with Crippen LogP contribution in [0.2, 0.25) is 4.34 Å². The SMILES string of the molecule is Clc1ccc(CNCCCC2CCCO2)s1. The van der Waals surface area contributed by atoms with Gasteiger partial charge in [0.2, 0.25) is 0 Å². The molecule has 1 N–H and O–H groups in total. The molecule has 1 fully saturated rings. The molecule has 1 aromatic rings. The lowest BCUT2D eigenvalue weighted by atomic mass is 10.1. The first-order chi connectivity index (χ1) is 7.84. The van der Waals surface area contributed by atoms with Crippen LogP contribution >= 0.6 is 22.9 Å². The van der Waals surface area contributed by atoms with E-state index in [1.807, 2.05) is 6.07 Å². The van der Waals surface area contributed by atoms with E-state index in [0.29, 0.717) is 6.10 Å². The maximum absolute atomic E-state index is 5.86. The van der Waals surface area contributed by atoms with E-state index < -0.39 is 0 Å². The molecule has 0 amide bonds. The van der Waals surface area contributed by atoms with Crippen molar-refractivity contribution in [2.45, 2.75) is 38.3 Å². The molecule has 1 aliphatic heterocycles. The van der Waals surface area contributed by atoms with Crippen molar-refractivity contribution >= 4 is 22.9 Å². The van der Waals surface area contributed by atoms with Crippen molar-refractivity contribution in [1.82, 2.24) is 5.32 Å². The van der Waals surface area contributed by atoms with Crippen LogP contribution in [0.4, 0.5) is 0 Å². The Kier molecular flexibility index (Phi) is 5.10. The fourth-order valence-electron chi connectivity index (χ4n) is 1.99. The maximum Gasteiger partial charge on any atom is 0.0931 e. The van der Waals surface area contributed by atoms with Crippen LogP contribution in [0.5, 0.6) is 0 Å². The predicted molar refractivity (Wildman–Crippen MR) is 69.2 cm³/mol. The van der Waals surface area contributed by atoms with E-state index in [-0.39, 0.29) is 0 Å². The Balaban J connectivity index is 1.51. The monoisotopic (exact) mass is 259 g/mol. The smallest absolute Gasteiger partial charge is 0.0931 e. The largest absolute Gasteiger partial charge is 0.378 e. The molecule has 1 saturated heterocycles. The summed E-state index contributed by atoms with van der Waals surface area (Å²) in [7, 11) is 0. The Morgan fingerprint density at radius 1 is 1.50 bits per heavy atom. The molecule has 2 rings (SSSR count). The van der Waals surface area contributed by atoms with Gasteiger partial charge in [-0.05, 0) is 44.4 Å². The third-order valence-electron chi connectivity index (χ3n) is 2.83. The van der Waals surface area contributed by atoms with Crippen molar-refractivity contribution in [3.05, 3.63) is 21.3 Å². The Bertz CT molecular complexity index is 310. The fourth-order valence-corrected chi connectivity index (χ4v) is 3.04. The molecule has 1 unspecified atom stereocenters. The summed E-state index contributed by atoms with van der Waals surface area (Å²) in [6, 6.07) is 4.04. The van der Waals surface area contributed by atoms with Gasteiger partial charge in [-0.15, -0.1) is 11.3 Å². The molecule has 4 heteroatoms. The van der Waals surface area contributed by atoms with Crippen LogP contribution in [0.25, 0.3) is 0 Å². The summed E-state index contributed by atoms with van der Waals surface area (Å²) in [5.41, 5.74) is 0. The van der Waals surface area contributed by atoms with Gasteiger partial charge in [-0.1, -0.05) is 11.6 Å². The van der Waals surface area contributed by atoms with Gasteiger partial charge in [-0.2, -0.15) is 0 Å². The van der Waals surface area contributed by atoms with Crippen LogP contribution in [0.15, 0.2) is 12.1 Å². The second kappa shape index (κ2) is 6.60. The van der Waals surface area contributed by atoms with Crippen LogP contribution in [0, 0.1) is 0 Å². The minimum Gasteiger partial charge on any atom is -0.378 e. The van der Waals surface area contributed by atoms with E-state index in [9.17, 15) is 0 Å². The molecular formula is C12H18ClNOS. The first kappa shape index (κ1) is 12.4. The summed E-state index contributed by atoms with van der Waals surface area (Å²) in [5, 5.41) is 3.44. The van der Waals surface area contributed by atoms with Gasteiger partial charge >= 0.3 is 0 Å². The number of rotatable bonds is 6. The van der Waals surface area contributed by atoms with E-state index in [4.69, 9.17) is 16.3 Å². The first-order valence-electron chi connectivity index (χ1n) is 5.91. The number of thiophene rings is 1. The predicted octanol–water partition coefficient (Wildman–Crippen LogP) is 3.45. The van der Waals surface area contributed by atoms with Gasteiger partial charge in [0.25, 0.3) is 0 Å². The maximum atomic E-state index is 5.86. The zero-order valence-electron chi connectivity index (χ0n) is 9.38. The van der Waals surface area contributed by atoms with E-state index in [0.717, 1.165) is 24.0 Å². The molecule has 90 valence electrons. The highest BCUT2D eigenvalue weighted by atomic mass is 35.5. The molecule has 2 heterocycles. The van der Waals surface area contributed by atoms with Crippen LogP contribution < -0.4 is 5.32 Å². The second-order valence-electron chi connectivity index (χ2n) is 4.16. The Morgan fingerprint density at radius 2 is 2.44 bits per heavy atom. The molecule has 1 aliphatic rings. The van der Waals surface area contributed by atoms with E-state index in [2.05, 4.69) is 11.4 Å². The first-order valence-corrected chi connectivity index (χ1v) is 7.10. The summed E-state index contributed by atoms with van der Waals surface area (Å²) in [6.45, 7) is 2.96. The number of ether oxygens (including phenoxy) is 1. The Hall–Kier alpha value is -0.0900. The number of nitrogens with one attached hydrogen (secondary N) is 1. The summed E-state index contributed by atoms with van der Waals surface area (Å²) >= 11 is 7.51. The van der Waals surface area contributed by atoms with Crippen molar-refractivity contribution in [2.24, 2.45) is 0 Å². The molecule has 0 bridgehead atoms. The van der Waals surface area contributed by atoms with Crippen molar-refractivity contribution in [2.75, 3.05) is 13.2 Å². The minimum absolute atomic E-state index is 0.526. The van der Waals surface area contributed by atoms with Gasteiger partial charge in [0.1, 0.15) is 0 Å². The van der Waals surface area contributed by atoms with Crippen molar-refractivity contribution in [3.8, 4) is 0 Å². The van der Waals surface area contributed by atoms with E-state index in [1.54, 1.807) is 11.3 Å². The summed E-state index contributed by atoms with van der Waals surface area (Å²) in [5.74, 6) is 0. The topological polar surface area (TPSA) is 21.3 Å². The highest BCUT2D eigenvalue weighted by Gasteiger charge is 2.14. The van der Waals surface area contributed by atoms with Crippen LogP contribution in [0.1, 0.15) is 30.6 Å². The normalized spacial score (nSPS) is 20.4. The van der Waals surface area contributed by atoms with Gasteiger partial charge in [-0.3, -0.25) is 0 Å². The minimum atomic E-state index is 0.526. The molecule has 1 aromatic heterocycles. The summed E-state index contributed by atoms with van der Waals surface area (Å²) in [4.78, 5) is 1.31.